The van der Waals surface area contributed by atoms with Crippen molar-refractivity contribution in [2.75, 3.05) is 32.7 Å². The molecule has 0 saturated heterocycles. The maximum atomic E-state index is 12.1. The third kappa shape index (κ3) is 8.65. The van der Waals surface area contributed by atoms with Crippen LogP contribution in [0.5, 0.6) is 0 Å². The number of nitrogens with zero attached hydrogens (tertiary/aromatic N) is 1. The van der Waals surface area contributed by atoms with Crippen LogP contribution in [-0.2, 0) is 14.4 Å². The molecule has 0 radical (unpaired) electrons. The van der Waals surface area contributed by atoms with Gasteiger partial charge in [0.05, 0.1) is 13.0 Å². The smallest absolute Gasteiger partial charge is 0.303 e. The van der Waals surface area contributed by atoms with Crippen molar-refractivity contribution in [2.45, 2.75) is 65.2 Å². The maximum absolute atomic E-state index is 12.1. The van der Waals surface area contributed by atoms with E-state index in [1.165, 1.54) is 0 Å². The molecule has 150 valence electrons. The maximum Gasteiger partial charge on any atom is 0.303 e. The lowest BCUT2D eigenvalue weighted by Gasteiger charge is -2.26. The SMILES string of the molecule is CCN(CC)CCCCNC(=O)CNC(=O)CC1(CC(=O)O)CCCC1. The van der Waals surface area contributed by atoms with Crippen LogP contribution in [0.3, 0.4) is 0 Å². The largest absolute Gasteiger partial charge is 0.481 e. The van der Waals surface area contributed by atoms with E-state index in [2.05, 4.69) is 29.4 Å². The number of hydrogen-bond donors (Lipinski definition) is 3. The highest BCUT2D eigenvalue weighted by molar-refractivity contribution is 5.85. The molecule has 7 heteroatoms. The molecule has 1 fully saturated rings. The van der Waals surface area contributed by atoms with Crippen LogP contribution in [0.1, 0.15) is 65.2 Å². The summed E-state index contributed by atoms with van der Waals surface area (Å²) in [7, 11) is 0. The molecular weight excluding hydrogens is 334 g/mol. The number of unbranched alkanes of at least 4 members (excludes halogenated alkanes) is 1. The molecule has 0 aromatic carbocycles. The summed E-state index contributed by atoms with van der Waals surface area (Å²) in [5, 5.41) is 14.5. The molecule has 0 bridgehead atoms. The number of rotatable bonds is 13. The number of hydrogen-bond acceptors (Lipinski definition) is 4. The fraction of sp³-hybridized carbons (Fsp3) is 0.842. The Balaban J connectivity index is 2.19. The van der Waals surface area contributed by atoms with E-state index < -0.39 is 11.4 Å². The Morgan fingerprint density at radius 2 is 1.62 bits per heavy atom. The van der Waals surface area contributed by atoms with Crippen molar-refractivity contribution in [1.29, 1.82) is 0 Å². The normalized spacial score (nSPS) is 15.8. The molecule has 1 rings (SSSR count). The lowest BCUT2D eigenvalue weighted by atomic mass is 9.79. The van der Waals surface area contributed by atoms with Crippen LogP contribution in [0.4, 0.5) is 0 Å². The third-order valence-corrected chi connectivity index (χ3v) is 5.29. The zero-order chi connectivity index (χ0) is 19.4. The summed E-state index contributed by atoms with van der Waals surface area (Å²) in [4.78, 5) is 37.3. The molecule has 1 aliphatic carbocycles. The van der Waals surface area contributed by atoms with Crippen molar-refractivity contribution in [2.24, 2.45) is 5.41 Å². The molecule has 0 aliphatic heterocycles. The molecule has 2 amide bonds. The summed E-state index contributed by atoms with van der Waals surface area (Å²) in [5.74, 6) is -1.29. The van der Waals surface area contributed by atoms with Crippen LogP contribution in [0.25, 0.3) is 0 Å². The highest BCUT2D eigenvalue weighted by Crippen LogP contribution is 2.43. The molecule has 7 nitrogen and oxygen atoms in total. The van der Waals surface area contributed by atoms with E-state index in [-0.39, 0.29) is 31.2 Å². The van der Waals surface area contributed by atoms with Crippen LogP contribution < -0.4 is 10.6 Å². The van der Waals surface area contributed by atoms with Gasteiger partial charge in [0.15, 0.2) is 0 Å². The molecule has 0 aromatic heterocycles. The first-order valence-electron chi connectivity index (χ1n) is 9.88. The molecule has 0 heterocycles. The molecule has 0 atom stereocenters. The van der Waals surface area contributed by atoms with Gasteiger partial charge >= 0.3 is 5.97 Å². The zero-order valence-corrected chi connectivity index (χ0v) is 16.3. The van der Waals surface area contributed by atoms with E-state index >= 15 is 0 Å². The Kier molecular flexibility index (Phi) is 10.2. The van der Waals surface area contributed by atoms with Gasteiger partial charge in [0, 0.05) is 13.0 Å². The number of aliphatic carboxylic acids is 1. The average Bonchev–Trinajstić information content (AvgIpc) is 3.03. The molecule has 1 saturated carbocycles. The summed E-state index contributed by atoms with van der Waals surface area (Å²) in [6.45, 7) is 7.96. The molecule has 0 unspecified atom stereocenters. The van der Waals surface area contributed by atoms with E-state index in [1.807, 2.05) is 0 Å². The second-order valence-corrected chi connectivity index (χ2v) is 7.32. The summed E-state index contributed by atoms with van der Waals surface area (Å²) in [6.07, 6.45) is 5.64. The zero-order valence-electron chi connectivity index (χ0n) is 16.3. The highest BCUT2D eigenvalue weighted by Gasteiger charge is 2.37. The van der Waals surface area contributed by atoms with Crippen molar-refractivity contribution in [3.63, 3.8) is 0 Å². The molecule has 26 heavy (non-hydrogen) atoms. The van der Waals surface area contributed by atoms with Gasteiger partial charge in [-0.05, 0) is 50.7 Å². The van der Waals surface area contributed by atoms with Crippen LogP contribution in [0.15, 0.2) is 0 Å². The van der Waals surface area contributed by atoms with Crippen LogP contribution in [0, 0.1) is 5.41 Å². The third-order valence-electron chi connectivity index (χ3n) is 5.29. The molecule has 0 aromatic rings. The second kappa shape index (κ2) is 11.9. The fourth-order valence-electron chi connectivity index (χ4n) is 3.73. The number of carboxylic acid groups (broad SMARTS) is 1. The number of nitrogens with one attached hydrogen (secondary N) is 2. The van der Waals surface area contributed by atoms with Gasteiger partial charge in [-0.2, -0.15) is 0 Å². The minimum atomic E-state index is -0.859. The van der Waals surface area contributed by atoms with Crippen molar-refractivity contribution in [3.8, 4) is 0 Å². The molecular formula is C19H35N3O4. The minimum Gasteiger partial charge on any atom is -0.481 e. The monoisotopic (exact) mass is 369 g/mol. The van der Waals surface area contributed by atoms with Crippen LogP contribution >= 0.6 is 0 Å². The quantitative estimate of drug-likeness (QED) is 0.430. The first kappa shape index (κ1) is 22.4. The topological polar surface area (TPSA) is 98.7 Å². The Morgan fingerprint density at radius 3 is 2.19 bits per heavy atom. The summed E-state index contributed by atoms with van der Waals surface area (Å²) in [6, 6.07) is 0. The number of carbonyl (C=O) groups excluding carboxylic acids is 2. The van der Waals surface area contributed by atoms with Gasteiger partial charge in [0.1, 0.15) is 0 Å². The van der Waals surface area contributed by atoms with E-state index in [9.17, 15) is 14.4 Å². The average molecular weight is 370 g/mol. The lowest BCUT2D eigenvalue weighted by molar-refractivity contribution is -0.140. The number of amides is 2. The van der Waals surface area contributed by atoms with Gasteiger partial charge in [-0.1, -0.05) is 26.7 Å². The van der Waals surface area contributed by atoms with Crippen molar-refractivity contribution in [3.05, 3.63) is 0 Å². The predicted molar refractivity (Wildman–Crippen MR) is 101 cm³/mol. The van der Waals surface area contributed by atoms with Gasteiger partial charge in [-0.15, -0.1) is 0 Å². The lowest BCUT2D eigenvalue weighted by Crippen LogP contribution is -2.39. The van der Waals surface area contributed by atoms with E-state index in [4.69, 9.17) is 5.11 Å². The standard InChI is InChI=1S/C19H35N3O4/c1-3-22(4-2)12-8-7-11-20-17(24)15-21-16(23)13-19(14-18(25)26)9-5-6-10-19/h3-15H2,1-2H3,(H,20,24)(H,21,23)(H,25,26). The Hall–Kier alpha value is -1.63. The second-order valence-electron chi connectivity index (χ2n) is 7.32. The first-order chi connectivity index (χ1) is 12.4. The van der Waals surface area contributed by atoms with Gasteiger partial charge in [0.2, 0.25) is 11.8 Å². The van der Waals surface area contributed by atoms with Crippen molar-refractivity contribution >= 4 is 17.8 Å². The summed E-state index contributed by atoms with van der Waals surface area (Å²) < 4.78 is 0. The molecule has 0 spiro atoms. The van der Waals surface area contributed by atoms with E-state index in [1.54, 1.807) is 0 Å². The first-order valence-corrected chi connectivity index (χ1v) is 9.88. The fourth-order valence-corrected chi connectivity index (χ4v) is 3.73. The van der Waals surface area contributed by atoms with Crippen LogP contribution in [-0.4, -0.2) is 60.5 Å². The predicted octanol–water partition coefficient (Wildman–Crippen LogP) is 1.77. The summed E-state index contributed by atoms with van der Waals surface area (Å²) >= 11 is 0. The Morgan fingerprint density at radius 1 is 0.962 bits per heavy atom. The van der Waals surface area contributed by atoms with Gasteiger partial charge in [-0.25, -0.2) is 0 Å². The van der Waals surface area contributed by atoms with Gasteiger partial charge in [0.25, 0.3) is 0 Å². The van der Waals surface area contributed by atoms with E-state index in [0.717, 1.165) is 58.2 Å². The molecule has 3 N–H and O–H groups in total. The van der Waals surface area contributed by atoms with Crippen molar-refractivity contribution in [1.82, 2.24) is 15.5 Å². The van der Waals surface area contributed by atoms with Crippen LogP contribution in [0.2, 0.25) is 0 Å². The number of carbonyl (C=O) groups is 3. The minimum absolute atomic E-state index is 0.0269. The van der Waals surface area contributed by atoms with Crippen molar-refractivity contribution < 1.29 is 19.5 Å². The van der Waals surface area contributed by atoms with E-state index in [0.29, 0.717) is 6.54 Å². The number of carboxylic acids is 1. The van der Waals surface area contributed by atoms with Gasteiger partial charge < -0.3 is 20.6 Å². The summed E-state index contributed by atoms with van der Waals surface area (Å²) in [5.41, 5.74) is -0.434. The highest BCUT2D eigenvalue weighted by atomic mass is 16.4. The Bertz CT molecular complexity index is 458. The molecule has 1 aliphatic rings. The Labute approximate surface area is 156 Å². The van der Waals surface area contributed by atoms with Gasteiger partial charge in [-0.3, -0.25) is 14.4 Å².